The molecule has 1 aromatic heterocycles. The van der Waals surface area contributed by atoms with Crippen LogP contribution in [-0.4, -0.2) is 24.7 Å². The number of rotatable bonds is 3. The lowest BCUT2D eigenvalue weighted by molar-refractivity contribution is 0.0656. The van der Waals surface area contributed by atoms with E-state index in [0.717, 1.165) is 6.42 Å². The Morgan fingerprint density at radius 1 is 1.26 bits per heavy atom. The second-order valence-corrected chi connectivity index (χ2v) is 7.52. The summed E-state index contributed by atoms with van der Waals surface area (Å²) >= 11 is 0. The minimum Gasteiger partial charge on any atom is -0.475 e. The van der Waals surface area contributed by atoms with Gasteiger partial charge in [0.15, 0.2) is 0 Å². The largest absolute Gasteiger partial charge is 0.475 e. The molecule has 1 N–H and O–H groups in total. The fourth-order valence-corrected chi connectivity index (χ4v) is 4.33. The van der Waals surface area contributed by atoms with Crippen molar-refractivity contribution < 1.29 is 22.7 Å². The summed E-state index contributed by atoms with van der Waals surface area (Å²) in [5.74, 6) is -0.719. The number of furan rings is 1. The van der Waals surface area contributed by atoms with Gasteiger partial charge < -0.3 is 9.52 Å². The lowest BCUT2D eigenvalue weighted by atomic mass is 9.81. The molecule has 1 aliphatic rings. The summed E-state index contributed by atoms with van der Waals surface area (Å²) in [4.78, 5) is 10.7. The Balaban J connectivity index is 2.24. The lowest BCUT2D eigenvalue weighted by Crippen LogP contribution is -2.31. The Hall–Kier alpha value is -1.30. The minimum atomic E-state index is -3.56. The summed E-state index contributed by atoms with van der Waals surface area (Å²) in [6, 6.07) is 2.42. The molecule has 0 spiro atoms. The van der Waals surface area contributed by atoms with E-state index in [1.165, 1.54) is 12.1 Å². The Kier molecular flexibility index (Phi) is 3.71. The Bertz CT molecular complexity index is 572. The van der Waals surface area contributed by atoms with Crippen LogP contribution in [0.1, 0.15) is 43.7 Å². The Morgan fingerprint density at radius 3 is 2.47 bits per heavy atom. The van der Waals surface area contributed by atoms with Gasteiger partial charge in [-0.3, -0.25) is 0 Å². The molecule has 1 fully saturated rings. The SMILES string of the molecule is CC1CCC(S(=O)(=O)c2ccc(C(=O)O)o2)CC1C. The highest BCUT2D eigenvalue weighted by Gasteiger charge is 2.36. The molecule has 5 nitrogen and oxygen atoms in total. The molecule has 2 rings (SSSR count). The fraction of sp³-hybridized carbons (Fsp3) is 0.615. The van der Waals surface area contributed by atoms with Gasteiger partial charge in [-0.2, -0.15) is 0 Å². The molecular weight excluding hydrogens is 268 g/mol. The molecule has 3 atom stereocenters. The maximum atomic E-state index is 12.4. The molecular formula is C13H18O5S. The van der Waals surface area contributed by atoms with Gasteiger partial charge in [0.25, 0.3) is 0 Å². The number of hydrogen-bond donors (Lipinski definition) is 1. The van der Waals surface area contributed by atoms with Crippen LogP contribution in [0, 0.1) is 11.8 Å². The smallest absolute Gasteiger partial charge is 0.371 e. The number of carboxylic acids is 1. The van der Waals surface area contributed by atoms with E-state index in [1.807, 2.05) is 0 Å². The maximum Gasteiger partial charge on any atom is 0.371 e. The summed E-state index contributed by atoms with van der Waals surface area (Å²) in [7, 11) is -3.56. The number of aromatic carboxylic acids is 1. The molecule has 0 aliphatic heterocycles. The predicted octanol–water partition coefficient (Wildman–Crippen LogP) is 2.58. The first-order valence-corrected chi connectivity index (χ1v) is 7.94. The first-order valence-electron chi connectivity index (χ1n) is 6.39. The third kappa shape index (κ3) is 2.68. The highest BCUT2D eigenvalue weighted by atomic mass is 32.2. The highest BCUT2D eigenvalue weighted by molar-refractivity contribution is 7.91. The van der Waals surface area contributed by atoms with Crippen LogP contribution in [0.2, 0.25) is 0 Å². The molecule has 1 heterocycles. The predicted molar refractivity (Wildman–Crippen MR) is 68.8 cm³/mol. The molecule has 19 heavy (non-hydrogen) atoms. The van der Waals surface area contributed by atoms with E-state index in [1.54, 1.807) is 0 Å². The van der Waals surface area contributed by atoms with E-state index in [2.05, 4.69) is 13.8 Å². The lowest BCUT2D eigenvalue weighted by Gasteiger charge is -2.31. The number of hydrogen-bond acceptors (Lipinski definition) is 4. The average Bonchev–Trinajstić information content (AvgIpc) is 2.82. The van der Waals surface area contributed by atoms with Gasteiger partial charge in [-0.1, -0.05) is 13.8 Å². The van der Waals surface area contributed by atoms with Crippen molar-refractivity contribution in [3.8, 4) is 0 Å². The van der Waals surface area contributed by atoms with Crippen LogP contribution >= 0.6 is 0 Å². The molecule has 106 valence electrons. The zero-order valence-corrected chi connectivity index (χ0v) is 11.8. The molecule has 0 bridgehead atoms. The van der Waals surface area contributed by atoms with Gasteiger partial charge in [-0.15, -0.1) is 0 Å². The first kappa shape index (κ1) is 14.1. The van der Waals surface area contributed by atoms with Gasteiger partial charge in [0.05, 0.1) is 5.25 Å². The summed E-state index contributed by atoms with van der Waals surface area (Å²) in [5, 5.41) is 8.07. The summed E-state index contributed by atoms with van der Waals surface area (Å²) in [6.45, 7) is 4.18. The fourth-order valence-electron chi connectivity index (χ4n) is 2.53. The first-order chi connectivity index (χ1) is 8.82. The van der Waals surface area contributed by atoms with Gasteiger partial charge in [0, 0.05) is 0 Å². The van der Waals surface area contributed by atoms with Crippen molar-refractivity contribution in [2.75, 3.05) is 0 Å². The van der Waals surface area contributed by atoms with Gasteiger partial charge in [-0.25, -0.2) is 13.2 Å². The minimum absolute atomic E-state index is 0.225. The second kappa shape index (κ2) is 5.00. The molecule has 6 heteroatoms. The Labute approximate surface area is 112 Å². The van der Waals surface area contributed by atoms with E-state index in [-0.39, 0.29) is 10.9 Å². The zero-order valence-electron chi connectivity index (χ0n) is 11.0. The molecule has 1 aromatic rings. The Morgan fingerprint density at radius 2 is 1.95 bits per heavy atom. The van der Waals surface area contributed by atoms with Crippen LogP contribution in [-0.2, 0) is 9.84 Å². The van der Waals surface area contributed by atoms with Crippen molar-refractivity contribution in [3.63, 3.8) is 0 Å². The van der Waals surface area contributed by atoms with E-state index in [0.29, 0.717) is 24.7 Å². The van der Waals surface area contributed by atoms with Crippen LogP contribution in [0.25, 0.3) is 0 Å². The summed E-state index contributed by atoms with van der Waals surface area (Å²) in [6.07, 6.45) is 2.08. The molecule has 0 radical (unpaired) electrons. The van der Waals surface area contributed by atoms with E-state index in [9.17, 15) is 13.2 Å². The van der Waals surface area contributed by atoms with Gasteiger partial charge in [0.2, 0.25) is 20.7 Å². The third-order valence-corrected chi connectivity index (χ3v) is 6.15. The van der Waals surface area contributed by atoms with E-state index >= 15 is 0 Å². The van der Waals surface area contributed by atoms with Crippen LogP contribution in [0.5, 0.6) is 0 Å². The third-order valence-electron chi connectivity index (χ3n) is 4.06. The molecule has 3 unspecified atom stereocenters. The van der Waals surface area contributed by atoms with Crippen molar-refractivity contribution in [2.45, 2.75) is 43.5 Å². The van der Waals surface area contributed by atoms with E-state index in [4.69, 9.17) is 9.52 Å². The summed E-state index contributed by atoms with van der Waals surface area (Å²) < 4.78 is 29.7. The van der Waals surface area contributed by atoms with Gasteiger partial charge >= 0.3 is 5.97 Å². The van der Waals surface area contributed by atoms with Crippen LogP contribution in [0.3, 0.4) is 0 Å². The average molecular weight is 286 g/mol. The molecule has 1 aliphatic carbocycles. The standard InChI is InChI=1S/C13H18O5S/c1-8-3-4-10(7-9(8)2)19(16,17)12-6-5-11(18-12)13(14)15/h5-6,8-10H,3-4,7H2,1-2H3,(H,14,15). The van der Waals surface area contributed by atoms with Gasteiger partial charge in [-0.05, 0) is 43.2 Å². The topological polar surface area (TPSA) is 84.6 Å². The van der Waals surface area contributed by atoms with Crippen molar-refractivity contribution in [2.24, 2.45) is 11.8 Å². The van der Waals surface area contributed by atoms with Crippen LogP contribution in [0.4, 0.5) is 0 Å². The number of carboxylic acid groups (broad SMARTS) is 1. The quantitative estimate of drug-likeness (QED) is 0.923. The van der Waals surface area contributed by atoms with Crippen LogP contribution < -0.4 is 0 Å². The normalized spacial score (nSPS) is 28.2. The molecule has 0 amide bonds. The maximum absolute atomic E-state index is 12.4. The van der Waals surface area contributed by atoms with Crippen molar-refractivity contribution in [1.82, 2.24) is 0 Å². The number of carbonyl (C=O) groups is 1. The highest BCUT2D eigenvalue weighted by Crippen LogP contribution is 2.35. The zero-order chi connectivity index (χ0) is 14.2. The van der Waals surface area contributed by atoms with Crippen molar-refractivity contribution >= 4 is 15.8 Å². The monoisotopic (exact) mass is 286 g/mol. The number of sulfone groups is 1. The summed E-state index contributed by atoms with van der Waals surface area (Å²) in [5.41, 5.74) is 0. The van der Waals surface area contributed by atoms with Crippen molar-refractivity contribution in [1.29, 1.82) is 0 Å². The molecule has 1 saturated carbocycles. The molecule has 0 aromatic carbocycles. The van der Waals surface area contributed by atoms with Crippen LogP contribution in [0.15, 0.2) is 21.6 Å². The second-order valence-electron chi connectivity index (χ2n) is 5.36. The van der Waals surface area contributed by atoms with Gasteiger partial charge in [0.1, 0.15) is 0 Å². The van der Waals surface area contributed by atoms with Crippen molar-refractivity contribution in [3.05, 3.63) is 17.9 Å². The molecule has 0 saturated heterocycles. The van der Waals surface area contributed by atoms with E-state index < -0.39 is 21.1 Å².